The van der Waals surface area contributed by atoms with Gasteiger partial charge in [-0.25, -0.2) is 0 Å². The van der Waals surface area contributed by atoms with E-state index in [0.717, 1.165) is 5.56 Å². The Balaban J connectivity index is 3.02. The van der Waals surface area contributed by atoms with Gasteiger partial charge in [-0.1, -0.05) is 34.8 Å². The molecular formula is C6H5Cl3OS. The van der Waals surface area contributed by atoms with Gasteiger partial charge in [0.2, 0.25) is 0 Å². The average molecular weight is 232 g/mol. The van der Waals surface area contributed by atoms with E-state index >= 15 is 0 Å². The normalized spacial score (nSPS) is 10.5. The van der Waals surface area contributed by atoms with Crippen molar-refractivity contribution in [2.45, 2.75) is 6.61 Å². The van der Waals surface area contributed by atoms with E-state index in [-0.39, 0.29) is 0 Å². The highest BCUT2D eigenvalue weighted by molar-refractivity contribution is 7.20. The van der Waals surface area contributed by atoms with Gasteiger partial charge in [-0.05, 0) is 0 Å². The molecule has 0 N–H and O–H groups in total. The largest absolute Gasteiger partial charge is 0.380 e. The molecule has 0 amide bonds. The van der Waals surface area contributed by atoms with E-state index in [9.17, 15) is 0 Å². The predicted octanol–water partition coefficient (Wildman–Crippen LogP) is 3.85. The van der Waals surface area contributed by atoms with Gasteiger partial charge in [-0.15, -0.1) is 11.3 Å². The molecule has 0 aromatic carbocycles. The van der Waals surface area contributed by atoms with Crippen LogP contribution in [-0.2, 0) is 11.3 Å². The number of hydrogen-bond donors (Lipinski definition) is 0. The Bertz CT molecular complexity index is 259. The van der Waals surface area contributed by atoms with Gasteiger partial charge >= 0.3 is 0 Å². The minimum atomic E-state index is 0.404. The van der Waals surface area contributed by atoms with E-state index in [1.165, 1.54) is 11.3 Å². The van der Waals surface area contributed by atoms with Crippen LogP contribution in [0.3, 0.4) is 0 Å². The minimum Gasteiger partial charge on any atom is -0.380 e. The fourth-order valence-corrected chi connectivity index (χ4v) is 2.52. The maximum Gasteiger partial charge on any atom is 0.113 e. The quantitative estimate of drug-likeness (QED) is 0.751. The summed E-state index contributed by atoms with van der Waals surface area (Å²) in [4.78, 5) is 0. The predicted molar refractivity (Wildman–Crippen MR) is 50.1 cm³/mol. The molecule has 1 heterocycles. The molecule has 0 aliphatic rings. The number of ether oxygens (including phenoxy) is 1. The van der Waals surface area contributed by atoms with Crippen LogP contribution >= 0.6 is 46.1 Å². The average Bonchev–Trinajstić information content (AvgIpc) is 2.17. The molecule has 0 bridgehead atoms. The fraction of sp³-hybridized carbons (Fsp3) is 0.333. The highest BCUT2D eigenvalue weighted by atomic mass is 35.5. The van der Waals surface area contributed by atoms with Gasteiger partial charge in [0, 0.05) is 12.7 Å². The first-order chi connectivity index (χ1) is 5.16. The minimum absolute atomic E-state index is 0.404. The van der Waals surface area contributed by atoms with E-state index in [4.69, 9.17) is 39.5 Å². The molecule has 0 fully saturated rings. The molecule has 0 aliphatic carbocycles. The van der Waals surface area contributed by atoms with Crippen molar-refractivity contribution in [3.63, 3.8) is 0 Å². The van der Waals surface area contributed by atoms with Gasteiger partial charge in [-0.3, -0.25) is 0 Å². The van der Waals surface area contributed by atoms with Crippen molar-refractivity contribution >= 4 is 46.1 Å². The van der Waals surface area contributed by atoms with Crippen LogP contribution in [0.1, 0.15) is 5.56 Å². The van der Waals surface area contributed by atoms with Gasteiger partial charge in [0.05, 0.1) is 11.6 Å². The Hall–Kier alpha value is 0.530. The Morgan fingerprint density at radius 2 is 1.91 bits per heavy atom. The fourth-order valence-electron chi connectivity index (χ4n) is 0.654. The molecule has 0 atom stereocenters. The summed E-state index contributed by atoms with van der Waals surface area (Å²) in [5.41, 5.74) is 0.769. The van der Waals surface area contributed by atoms with Crippen LogP contribution in [-0.4, -0.2) is 7.11 Å². The molecule has 1 nitrogen and oxygen atoms in total. The van der Waals surface area contributed by atoms with E-state index in [1.54, 1.807) is 7.11 Å². The number of thiophene rings is 1. The first-order valence-corrected chi connectivity index (χ1v) is 4.73. The van der Waals surface area contributed by atoms with Crippen molar-refractivity contribution in [1.82, 2.24) is 0 Å². The number of rotatable bonds is 2. The van der Waals surface area contributed by atoms with Gasteiger partial charge in [0.15, 0.2) is 0 Å². The summed E-state index contributed by atoms with van der Waals surface area (Å²) in [6.07, 6.45) is 0. The topological polar surface area (TPSA) is 9.23 Å². The summed E-state index contributed by atoms with van der Waals surface area (Å²) >= 11 is 18.6. The molecule has 0 spiro atoms. The summed E-state index contributed by atoms with van der Waals surface area (Å²) in [5.74, 6) is 0. The zero-order chi connectivity index (χ0) is 8.43. The van der Waals surface area contributed by atoms with Crippen molar-refractivity contribution in [2.24, 2.45) is 0 Å². The van der Waals surface area contributed by atoms with E-state index in [0.29, 0.717) is 20.3 Å². The number of methoxy groups -OCH3 is 1. The lowest BCUT2D eigenvalue weighted by Gasteiger charge is -1.96. The molecular weight excluding hydrogens is 226 g/mol. The summed E-state index contributed by atoms with van der Waals surface area (Å²) in [5, 5.41) is 0.503. The van der Waals surface area contributed by atoms with Gasteiger partial charge < -0.3 is 4.74 Å². The van der Waals surface area contributed by atoms with Crippen molar-refractivity contribution < 1.29 is 4.74 Å². The molecule has 0 saturated carbocycles. The molecule has 11 heavy (non-hydrogen) atoms. The number of hydrogen-bond acceptors (Lipinski definition) is 2. The summed E-state index contributed by atoms with van der Waals surface area (Å²) in [7, 11) is 1.58. The third kappa shape index (κ3) is 2.01. The lowest BCUT2D eigenvalue weighted by Crippen LogP contribution is -1.85. The Labute approximate surface area is 83.8 Å². The van der Waals surface area contributed by atoms with E-state index in [1.807, 2.05) is 0 Å². The van der Waals surface area contributed by atoms with Crippen molar-refractivity contribution in [1.29, 1.82) is 0 Å². The second-order valence-electron chi connectivity index (χ2n) is 1.88. The van der Waals surface area contributed by atoms with Crippen LogP contribution in [0.4, 0.5) is 0 Å². The standard InChI is InChI=1S/C6H5Cl3OS/c1-10-2-3-4(7)6(9)11-5(3)8/h2H2,1H3. The van der Waals surface area contributed by atoms with Crippen molar-refractivity contribution in [3.8, 4) is 0 Å². The molecule has 1 aromatic heterocycles. The van der Waals surface area contributed by atoms with E-state index < -0.39 is 0 Å². The number of halogens is 3. The third-order valence-corrected chi connectivity index (χ3v) is 3.46. The molecule has 0 aliphatic heterocycles. The molecule has 62 valence electrons. The van der Waals surface area contributed by atoms with Crippen LogP contribution in [0.5, 0.6) is 0 Å². The first kappa shape index (κ1) is 9.62. The lowest BCUT2D eigenvalue weighted by molar-refractivity contribution is 0.185. The Morgan fingerprint density at radius 1 is 1.27 bits per heavy atom. The van der Waals surface area contributed by atoms with Crippen LogP contribution in [0.15, 0.2) is 0 Å². The van der Waals surface area contributed by atoms with Crippen LogP contribution < -0.4 is 0 Å². The third-order valence-electron chi connectivity index (χ3n) is 1.14. The monoisotopic (exact) mass is 230 g/mol. The highest BCUT2D eigenvalue weighted by Crippen LogP contribution is 2.40. The van der Waals surface area contributed by atoms with Gasteiger partial charge in [0.1, 0.15) is 8.67 Å². The molecule has 1 rings (SSSR count). The molecule has 0 radical (unpaired) electrons. The van der Waals surface area contributed by atoms with Gasteiger partial charge in [-0.2, -0.15) is 0 Å². The Morgan fingerprint density at radius 3 is 2.27 bits per heavy atom. The first-order valence-electron chi connectivity index (χ1n) is 2.78. The highest BCUT2D eigenvalue weighted by Gasteiger charge is 2.12. The second-order valence-corrected chi connectivity index (χ2v) is 4.48. The maximum absolute atomic E-state index is 5.81. The smallest absolute Gasteiger partial charge is 0.113 e. The summed E-state index contributed by atoms with van der Waals surface area (Å²) in [6, 6.07) is 0. The van der Waals surface area contributed by atoms with Crippen LogP contribution in [0.25, 0.3) is 0 Å². The van der Waals surface area contributed by atoms with Crippen molar-refractivity contribution in [2.75, 3.05) is 7.11 Å². The zero-order valence-corrected chi connectivity index (χ0v) is 8.74. The SMILES string of the molecule is COCc1c(Cl)sc(Cl)c1Cl. The molecule has 0 saturated heterocycles. The molecule has 0 unspecified atom stereocenters. The van der Waals surface area contributed by atoms with Crippen LogP contribution in [0.2, 0.25) is 13.7 Å². The molecule has 5 heteroatoms. The second kappa shape index (κ2) is 3.97. The Kier molecular flexibility index (Phi) is 3.47. The van der Waals surface area contributed by atoms with Crippen LogP contribution in [0, 0.1) is 0 Å². The lowest BCUT2D eigenvalue weighted by atomic mass is 10.4. The molecule has 1 aromatic rings. The maximum atomic E-state index is 5.81. The zero-order valence-electron chi connectivity index (χ0n) is 5.66. The summed E-state index contributed by atoms with van der Waals surface area (Å²) in [6.45, 7) is 0.404. The summed E-state index contributed by atoms with van der Waals surface area (Å²) < 4.78 is 6.00. The van der Waals surface area contributed by atoms with Gasteiger partial charge in [0.25, 0.3) is 0 Å². The van der Waals surface area contributed by atoms with Crippen molar-refractivity contribution in [3.05, 3.63) is 19.3 Å². The van der Waals surface area contributed by atoms with E-state index in [2.05, 4.69) is 0 Å².